The molecule has 92 valence electrons. The molecule has 0 aromatic rings. The smallest absolute Gasteiger partial charge is 0.0431 e. The molecule has 0 atom stereocenters. The quantitative estimate of drug-likeness (QED) is 0.523. The third kappa shape index (κ3) is 6.13. The molecule has 0 unspecified atom stereocenters. The second kappa shape index (κ2) is 9.13. The molecule has 0 radical (unpaired) electrons. The van der Waals surface area contributed by atoms with Crippen molar-refractivity contribution in [2.75, 3.05) is 19.8 Å². The van der Waals surface area contributed by atoms with Crippen molar-refractivity contribution in [2.24, 2.45) is 5.41 Å². The lowest BCUT2D eigenvalue weighted by Gasteiger charge is -2.33. The van der Waals surface area contributed by atoms with Crippen LogP contribution in [0.25, 0.3) is 0 Å². The summed E-state index contributed by atoms with van der Waals surface area (Å²) < 4.78 is 0. The van der Waals surface area contributed by atoms with Gasteiger partial charge in [-0.1, -0.05) is 13.3 Å². The van der Waals surface area contributed by atoms with Crippen molar-refractivity contribution in [3.05, 3.63) is 0 Å². The topological polar surface area (TPSA) is 60.7 Å². The highest BCUT2D eigenvalue weighted by molar-refractivity contribution is 4.78. The Kier molecular flexibility index (Phi) is 9.06. The maximum absolute atomic E-state index is 8.88. The summed E-state index contributed by atoms with van der Waals surface area (Å²) in [5.74, 6) is 0. The summed E-state index contributed by atoms with van der Waals surface area (Å²) in [6.07, 6.45) is 6.53. The first-order valence-corrected chi connectivity index (χ1v) is 6.07. The molecule has 0 saturated heterocycles. The minimum Gasteiger partial charge on any atom is -0.396 e. The van der Waals surface area contributed by atoms with Gasteiger partial charge in [-0.3, -0.25) is 0 Å². The normalized spacial score (nSPS) is 12.0. The van der Waals surface area contributed by atoms with E-state index < -0.39 is 0 Å². The van der Waals surface area contributed by atoms with Gasteiger partial charge in [-0.05, 0) is 43.9 Å². The highest BCUT2D eigenvalue weighted by Crippen LogP contribution is 2.38. The molecule has 0 heterocycles. The van der Waals surface area contributed by atoms with Gasteiger partial charge in [0.2, 0.25) is 0 Å². The van der Waals surface area contributed by atoms with Gasteiger partial charge in [0.25, 0.3) is 0 Å². The standard InChI is InChI=1S/C12H26O3/c1-2-12(6-3-9-13,7-4-10-14)8-5-11-15/h13-15H,2-11H2,1H3. The fourth-order valence-corrected chi connectivity index (χ4v) is 2.27. The van der Waals surface area contributed by atoms with E-state index in [-0.39, 0.29) is 25.2 Å². The Morgan fingerprint density at radius 1 is 0.733 bits per heavy atom. The molecule has 0 saturated carbocycles. The maximum atomic E-state index is 8.88. The number of rotatable bonds is 10. The molecule has 0 aromatic heterocycles. The van der Waals surface area contributed by atoms with Crippen molar-refractivity contribution in [2.45, 2.75) is 51.9 Å². The average molecular weight is 218 g/mol. The van der Waals surface area contributed by atoms with E-state index in [2.05, 4.69) is 6.92 Å². The molecule has 0 spiro atoms. The fraction of sp³-hybridized carbons (Fsp3) is 1.00. The van der Waals surface area contributed by atoms with Gasteiger partial charge in [-0.2, -0.15) is 0 Å². The van der Waals surface area contributed by atoms with Crippen molar-refractivity contribution < 1.29 is 15.3 Å². The van der Waals surface area contributed by atoms with Crippen LogP contribution in [-0.4, -0.2) is 35.1 Å². The molecule has 0 fully saturated rings. The van der Waals surface area contributed by atoms with Crippen LogP contribution >= 0.6 is 0 Å². The monoisotopic (exact) mass is 218 g/mol. The van der Waals surface area contributed by atoms with Crippen molar-refractivity contribution in [1.82, 2.24) is 0 Å². The van der Waals surface area contributed by atoms with Gasteiger partial charge in [0.05, 0.1) is 0 Å². The molecule has 0 aliphatic heterocycles. The Bertz CT molecular complexity index is 115. The van der Waals surface area contributed by atoms with E-state index in [1.54, 1.807) is 0 Å². The van der Waals surface area contributed by atoms with Crippen molar-refractivity contribution in [3.8, 4) is 0 Å². The SMILES string of the molecule is CCC(CCCO)(CCCO)CCCO. The third-order valence-corrected chi connectivity index (χ3v) is 3.35. The van der Waals surface area contributed by atoms with Gasteiger partial charge in [-0.15, -0.1) is 0 Å². The highest BCUT2D eigenvalue weighted by atomic mass is 16.3. The number of hydrogen-bond acceptors (Lipinski definition) is 3. The lowest BCUT2D eigenvalue weighted by molar-refractivity contribution is 0.143. The minimum atomic E-state index is 0.216. The zero-order valence-corrected chi connectivity index (χ0v) is 9.91. The molecule has 3 N–H and O–H groups in total. The van der Waals surface area contributed by atoms with Gasteiger partial charge >= 0.3 is 0 Å². The van der Waals surface area contributed by atoms with Crippen molar-refractivity contribution in [3.63, 3.8) is 0 Å². The lowest BCUT2D eigenvalue weighted by Crippen LogP contribution is -2.21. The number of aliphatic hydroxyl groups excluding tert-OH is 3. The third-order valence-electron chi connectivity index (χ3n) is 3.35. The van der Waals surface area contributed by atoms with Crippen LogP contribution in [0.4, 0.5) is 0 Å². The molecule has 0 rings (SSSR count). The Balaban J connectivity index is 4.16. The van der Waals surface area contributed by atoms with E-state index in [1.807, 2.05) is 0 Å². The summed E-state index contributed by atoms with van der Waals surface area (Å²) in [5, 5.41) is 26.6. The molecule has 0 aromatic carbocycles. The second-order valence-electron chi connectivity index (χ2n) is 4.34. The molecule has 0 amide bonds. The average Bonchev–Trinajstić information content (AvgIpc) is 2.29. The maximum Gasteiger partial charge on any atom is 0.0431 e. The Hall–Kier alpha value is -0.120. The molecule has 3 nitrogen and oxygen atoms in total. The minimum absolute atomic E-state index is 0.216. The van der Waals surface area contributed by atoms with E-state index in [4.69, 9.17) is 15.3 Å². The van der Waals surface area contributed by atoms with E-state index in [0.717, 1.165) is 44.9 Å². The van der Waals surface area contributed by atoms with Gasteiger partial charge in [0.1, 0.15) is 0 Å². The van der Waals surface area contributed by atoms with E-state index in [9.17, 15) is 0 Å². The van der Waals surface area contributed by atoms with Crippen molar-refractivity contribution >= 4 is 0 Å². The first-order valence-electron chi connectivity index (χ1n) is 6.07. The first kappa shape index (κ1) is 14.9. The molecular weight excluding hydrogens is 192 g/mol. The molecule has 15 heavy (non-hydrogen) atoms. The van der Waals surface area contributed by atoms with Crippen LogP contribution in [0.2, 0.25) is 0 Å². The van der Waals surface area contributed by atoms with Gasteiger partial charge < -0.3 is 15.3 Å². The largest absolute Gasteiger partial charge is 0.396 e. The molecule has 0 bridgehead atoms. The molecule has 0 aliphatic carbocycles. The van der Waals surface area contributed by atoms with Crippen LogP contribution in [0.15, 0.2) is 0 Å². The zero-order valence-electron chi connectivity index (χ0n) is 9.91. The van der Waals surface area contributed by atoms with Gasteiger partial charge in [0.15, 0.2) is 0 Å². The lowest BCUT2D eigenvalue weighted by atomic mass is 9.73. The molecule has 0 aliphatic rings. The molecular formula is C12H26O3. The summed E-state index contributed by atoms with van der Waals surface area (Å²) in [6.45, 7) is 2.87. The van der Waals surface area contributed by atoms with Crippen LogP contribution in [0.3, 0.4) is 0 Å². The number of hydrogen-bond donors (Lipinski definition) is 3. The fourth-order valence-electron chi connectivity index (χ4n) is 2.27. The van der Waals surface area contributed by atoms with E-state index in [1.165, 1.54) is 0 Å². The predicted molar refractivity (Wildman–Crippen MR) is 61.7 cm³/mol. The van der Waals surface area contributed by atoms with Gasteiger partial charge in [-0.25, -0.2) is 0 Å². The van der Waals surface area contributed by atoms with Crippen molar-refractivity contribution in [1.29, 1.82) is 0 Å². The highest BCUT2D eigenvalue weighted by Gasteiger charge is 2.26. The Labute approximate surface area is 93.1 Å². The van der Waals surface area contributed by atoms with Crippen LogP contribution < -0.4 is 0 Å². The van der Waals surface area contributed by atoms with E-state index >= 15 is 0 Å². The van der Waals surface area contributed by atoms with Crippen LogP contribution in [0, 0.1) is 5.41 Å². The Morgan fingerprint density at radius 3 is 1.27 bits per heavy atom. The summed E-state index contributed by atoms with van der Waals surface area (Å²) in [5.41, 5.74) is 0.216. The second-order valence-corrected chi connectivity index (χ2v) is 4.34. The van der Waals surface area contributed by atoms with E-state index in [0.29, 0.717) is 0 Å². The van der Waals surface area contributed by atoms with Gasteiger partial charge in [0, 0.05) is 19.8 Å². The summed E-state index contributed by atoms with van der Waals surface area (Å²) in [7, 11) is 0. The number of aliphatic hydroxyl groups is 3. The predicted octanol–water partition coefficient (Wildman–Crippen LogP) is 1.70. The van der Waals surface area contributed by atoms with Crippen LogP contribution in [-0.2, 0) is 0 Å². The summed E-state index contributed by atoms with van der Waals surface area (Å²) in [6, 6.07) is 0. The zero-order chi connectivity index (χ0) is 11.6. The molecule has 3 heteroatoms. The van der Waals surface area contributed by atoms with Crippen LogP contribution in [0.1, 0.15) is 51.9 Å². The summed E-state index contributed by atoms with van der Waals surface area (Å²) >= 11 is 0. The summed E-state index contributed by atoms with van der Waals surface area (Å²) in [4.78, 5) is 0. The Morgan fingerprint density at radius 2 is 1.07 bits per heavy atom. The van der Waals surface area contributed by atoms with Crippen LogP contribution in [0.5, 0.6) is 0 Å². The first-order chi connectivity index (χ1) is 7.24.